The first-order valence-electron chi connectivity index (χ1n) is 6.11. The summed E-state index contributed by atoms with van der Waals surface area (Å²) >= 11 is 0. The highest BCUT2D eigenvalue weighted by atomic mass is 16.5. The number of hydrogen-bond acceptors (Lipinski definition) is 2. The van der Waals surface area contributed by atoms with Crippen molar-refractivity contribution in [2.75, 3.05) is 13.2 Å². The van der Waals surface area contributed by atoms with Crippen molar-refractivity contribution in [3.63, 3.8) is 0 Å². The van der Waals surface area contributed by atoms with Crippen LogP contribution in [-0.4, -0.2) is 18.3 Å². The van der Waals surface area contributed by atoms with Crippen LogP contribution >= 0.6 is 0 Å². The van der Waals surface area contributed by atoms with Crippen molar-refractivity contribution in [3.05, 3.63) is 53.6 Å². The largest absolute Gasteiger partial charge is 0.491 e. The molecule has 0 aliphatic heterocycles. The average Bonchev–Trinajstić information content (AvgIpc) is 2.36. The van der Waals surface area contributed by atoms with Crippen molar-refractivity contribution in [1.29, 1.82) is 0 Å². The fourth-order valence-electron chi connectivity index (χ4n) is 2.05. The van der Waals surface area contributed by atoms with Crippen LogP contribution < -0.4 is 4.74 Å². The SMILES string of the molecule is Cc1cc(C)cc(-c2ccc(OCCO)cc2)c1. The zero-order valence-electron chi connectivity index (χ0n) is 10.8. The minimum absolute atomic E-state index is 0.0405. The van der Waals surface area contributed by atoms with E-state index in [1.807, 2.05) is 24.3 Å². The Kier molecular flexibility index (Phi) is 4.00. The van der Waals surface area contributed by atoms with Gasteiger partial charge < -0.3 is 9.84 Å². The molecule has 0 radical (unpaired) electrons. The van der Waals surface area contributed by atoms with Gasteiger partial charge in [-0.15, -0.1) is 0 Å². The molecule has 2 nitrogen and oxygen atoms in total. The molecule has 0 saturated heterocycles. The van der Waals surface area contributed by atoms with Crippen molar-refractivity contribution in [1.82, 2.24) is 0 Å². The minimum Gasteiger partial charge on any atom is -0.491 e. The number of aliphatic hydroxyl groups is 1. The van der Waals surface area contributed by atoms with E-state index in [0.717, 1.165) is 5.75 Å². The van der Waals surface area contributed by atoms with E-state index in [1.165, 1.54) is 22.3 Å². The standard InChI is InChI=1S/C16H18O2/c1-12-9-13(2)11-15(10-12)14-3-5-16(6-4-14)18-8-7-17/h3-6,9-11,17H,7-8H2,1-2H3. The van der Waals surface area contributed by atoms with Crippen LogP contribution in [0, 0.1) is 13.8 Å². The van der Waals surface area contributed by atoms with Crippen LogP contribution in [0.5, 0.6) is 5.75 Å². The quantitative estimate of drug-likeness (QED) is 0.891. The molecule has 0 bridgehead atoms. The fraction of sp³-hybridized carbons (Fsp3) is 0.250. The van der Waals surface area contributed by atoms with Crippen LogP contribution in [0.15, 0.2) is 42.5 Å². The first kappa shape index (κ1) is 12.7. The van der Waals surface area contributed by atoms with Crippen molar-refractivity contribution < 1.29 is 9.84 Å². The minimum atomic E-state index is 0.0405. The summed E-state index contributed by atoms with van der Waals surface area (Å²) < 4.78 is 5.34. The van der Waals surface area contributed by atoms with Crippen molar-refractivity contribution in [2.24, 2.45) is 0 Å². The van der Waals surface area contributed by atoms with Crippen LogP contribution in [0.3, 0.4) is 0 Å². The molecule has 2 heteroatoms. The molecule has 0 heterocycles. The fourth-order valence-corrected chi connectivity index (χ4v) is 2.05. The molecule has 0 fully saturated rings. The Morgan fingerprint density at radius 2 is 1.50 bits per heavy atom. The molecule has 2 rings (SSSR count). The smallest absolute Gasteiger partial charge is 0.119 e. The van der Waals surface area contributed by atoms with Crippen LogP contribution in [-0.2, 0) is 0 Å². The molecule has 0 amide bonds. The van der Waals surface area contributed by atoms with Gasteiger partial charge in [-0.25, -0.2) is 0 Å². The Hall–Kier alpha value is -1.80. The van der Waals surface area contributed by atoms with Gasteiger partial charge in [-0.1, -0.05) is 41.5 Å². The van der Waals surface area contributed by atoms with E-state index in [4.69, 9.17) is 9.84 Å². The van der Waals surface area contributed by atoms with Gasteiger partial charge in [-0.2, -0.15) is 0 Å². The Morgan fingerprint density at radius 1 is 0.889 bits per heavy atom. The summed E-state index contributed by atoms with van der Waals surface area (Å²) in [5.41, 5.74) is 4.94. The van der Waals surface area contributed by atoms with E-state index >= 15 is 0 Å². The third kappa shape index (κ3) is 3.11. The van der Waals surface area contributed by atoms with E-state index in [2.05, 4.69) is 32.0 Å². The topological polar surface area (TPSA) is 29.5 Å². The zero-order valence-corrected chi connectivity index (χ0v) is 10.8. The molecule has 0 aliphatic rings. The molecule has 0 atom stereocenters. The lowest BCUT2D eigenvalue weighted by Gasteiger charge is -2.07. The highest BCUT2D eigenvalue weighted by molar-refractivity contribution is 5.65. The molecule has 0 saturated carbocycles. The van der Waals surface area contributed by atoms with Gasteiger partial charge in [0.15, 0.2) is 0 Å². The van der Waals surface area contributed by atoms with E-state index in [1.54, 1.807) is 0 Å². The molecule has 18 heavy (non-hydrogen) atoms. The number of aliphatic hydroxyl groups excluding tert-OH is 1. The van der Waals surface area contributed by atoms with Gasteiger partial charge in [0.25, 0.3) is 0 Å². The third-order valence-electron chi connectivity index (χ3n) is 2.77. The van der Waals surface area contributed by atoms with Crippen LogP contribution in [0.25, 0.3) is 11.1 Å². The van der Waals surface area contributed by atoms with Crippen molar-refractivity contribution >= 4 is 0 Å². The van der Waals surface area contributed by atoms with E-state index in [9.17, 15) is 0 Å². The maximum atomic E-state index is 8.70. The van der Waals surface area contributed by atoms with Crippen molar-refractivity contribution in [3.8, 4) is 16.9 Å². The van der Waals surface area contributed by atoms with E-state index in [-0.39, 0.29) is 6.61 Å². The lowest BCUT2D eigenvalue weighted by atomic mass is 10.0. The summed E-state index contributed by atoms with van der Waals surface area (Å²) in [7, 11) is 0. The van der Waals surface area contributed by atoms with Gasteiger partial charge in [-0.05, 0) is 37.1 Å². The van der Waals surface area contributed by atoms with Crippen molar-refractivity contribution in [2.45, 2.75) is 13.8 Å². The number of hydrogen-bond donors (Lipinski definition) is 1. The number of rotatable bonds is 4. The highest BCUT2D eigenvalue weighted by Gasteiger charge is 2.00. The highest BCUT2D eigenvalue weighted by Crippen LogP contribution is 2.24. The van der Waals surface area contributed by atoms with Crippen LogP contribution in [0.4, 0.5) is 0 Å². The Labute approximate surface area is 108 Å². The lowest BCUT2D eigenvalue weighted by Crippen LogP contribution is -2.01. The Balaban J connectivity index is 2.23. The van der Waals surface area contributed by atoms with Gasteiger partial charge in [0.2, 0.25) is 0 Å². The predicted molar refractivity (Wildman–Crippen MR) is 73.9 cm³/mol. The van der Waals surface area contributed by atoms with E-state index < -0.39 is 0 Å². The summed E-state index contributed by atoms with van der Waals surface area (Å²) in [5.74, 6) is 0.789. The van der Waals surface area contributed by atoms with E-state index in [0.29, 0.717) is 6.61 Å². The maximum absolute atomic E-state index is 8.70. The summed E-state index contributed by atoms with van der Waals surface area (Å²) in [4.78, 5) is 0. The lowest BCUT2D eigenvalue weighted by molar-refractivity contribution is 0.201. The van der Waals surface area contributed by atoms with Crippen LogP contribution in [0.2, 0.25) is 0 Å². The average molecular weight is 242 g/mol. The van der Waals surface area contributed by atoms with Gasteiger partial charge >= 0.3 is 0 Å². The third-order valence-corrected chi connectivity index (χ3v) is 2.77. The second kappa shape index (κ2) is 5.69. The molecule has 0 unspecified atom stereocenters. The van der Waals surface area contributed by atoms with Gasteiger partial charge in [-0.3, -0.25) is 0 Å². The summed E-state index contributed by atoms with van der Waals surface area (Å²) in [5, 5.41) is 8.70. The molecular weight excluding hydrogens is 224 g/mol. The molecule has 1 N–H and O–H groups in total. The zero-order chi connectivity index (χ0) is 13.0. The van der Waals surface area contributed by atoms with Crippen LogP contribution in [0.1, 0.15) is 11.1 Å². The second-order valence-corrected chi connectivity index (χ2v) is 4.47. The maximum Gasteiger partial charge on any atom is 0.119 e. The molecule has 2 aromatic rings. The Bertz CT molecular complexity index is 495. The van der Waals surface area contributed by atoms with Gasteiger partial charge in [0, 0.05) is 0 Å². The molecule has 0 aliphatic carbocycles. The summed E-state index contributed by atoms with van der Waals surface area (Å²) in [6.45, 7) is 4.59. The number of aryl methyl sites for hydroxylation is 2. The Morgan fingerprint density at radius 3 is 2.06 bits per heavy atom. The summed E-state index contributed by atoms with van der Waals surface area (Å²) in [6, 6.07) is 14.5. The van der Waals surface area contributed by atoms with Gasteiger partial charge in [0.1, 0.15) is 12.4 Å². The normalized spacial score (nSPS) is 10.4. The number of benzene rings is 2. The molecule has 2 aromatic carbocycles. The second-order valence-electron chi connectivity index (χ2n) is 4.47. The number of ether oxygens (including phenoxy) is 1. The first-order chi connectivity index (χ1) is 8.69. The summed E-state index contributed by atoms with van der Waals surface area (Å²) in [6.07, 6.45) is 0. The molecule has 94 valence electrons. The molecule has 0 aromatic heterocycles. The molecule has 0 spiro atoms. The first-order valence-corrected chi connectivity index (χ1v) is 6.11. The monoisotopic (exact) mass is 242 g/mol. The molecular formula is C16H18O2. The van der Waals surface area contributed by atoms with Gasteiger partial charge in [0.05, 0.1) is 6.61 Å². The predicted octanol–water partition coefficient (Wildman–Crippen LogP) is 3.34.